The van der Waals surface area contributed by atoms with E-state index in [9.17, 15) is 22.8 Å². The number of carbonyl (C=O) groups is 3. The number of sulfonamides is 1. The molecule has 3 amide bonds. The summed E-state index contributed by atoms with van der Waals surface area (Å²) in [6, 6.07) is 12.5. The fourth-order valence-corrected chi connectivity index (χ4v) is 5.49. The lowest BCUT2D eigenvalue weighted by molar-refractivity contribution is -0.141. The molecule has 1 N–H and O–H groups in total. The maximum absolute atomic E-state index is 13.5. The van der Waals surface area contributed by atoms with Crippen LogP contribution in [0.15, 0.2) is 53.4 Å². The van der Waals surface area contributed by atoms with Crippen LogP contribution < -0.4 is 5.32 Å². The molecule has 0 saturated heterocycles. The van der Waals surface area contributed by atoms with Crippen LogP contribution in [0.4, 0.5) is 0 Å². The van der Waals surface area contributed by atoms with E-state index >= 15 is 0 Å². The molecule has 0 radical (unpaired) electrons. The lowest BCUT2D eigenvalue weighted by Crippen LogP contribution is -2.53. The Kier molecular flexibility index (Phi) is 7.76. The zero-order valence-corrected chi connectivity index (χ0v) is 20.8. The zero-order valence-electron chi connectivity index (χ0n) is 19.9. The second-order valence-corrected chi connectivity index (χ2v) is 10.4. The van der Waals surface area contributed by atoms with E-state index in [1.807, 2.05) is 45.0 Å². The SMILES string of the molecule is CC[C@H](C(=O)N[C@@H](C)CC)N(Cc1cccc(C)c1)C(=O)CN1C(=O)c2ccccc2S1(=O)=O. The van der Waals surface area contributed by atoms with Crippen LogP contribution in [0.3, 0.4) is 0 Å². The average molecular weight is 486 g/mol. The topological polar surface area (TPSA) is 104 Å². The van der Waals surface area contributed by atoms with E-state index < -0.39 is 34.4 Å². The highest BCUT2D eigenvalue weighted by Crippen LogP contribution is 2.30. The Morgan fingerprint density at radius 2 is 1.76 bits per heavy atom. The van der Waals surface area contributed by atoms with Gasteiger partial charge in [-0.3, -0.25) is 14.4 Å². The Labute approximate surface area is 201 Å². The molecule has 2 atom stereocenters. The Balaban J connectivity index is 1.93. The highest BCUT2D eigenvalue weighted by molar-refractivity contribution is 7.90. The molecule has 0 aliphatic carbocycles. The lowest BCUT2D eigenvalue weighted by Gasteiger charge is -2.32. The number of benzene rings is 2. The Morgan fingerprint density at radius 1 is 1.06 bits per heavy atom. The third-order valence-corrected chi connectivity index (χ3v) is 7.80. The van der Waals surface area contributed by atoms with Crippen molar-refractivity contribution in [2.75, 3.05) is 6.54 Å². The molecule has 8 nitrogen and oxygen atoms in total. The second kappa shape index (κ2) is 10.4. The predicted octanol–water partition coefficient (Wildman–Crippen LogP) is 2.86. The van der Waals surface area contributed by atoms with E-state index in [4.69, 9.17) is 0 Å². The van der Waals surface area contributed by atoms with Crippen molar-refractivity contribution >= 4 is 27.7 Å². The van der Waals surface area contributed by atoms with Crippen LogP contribution in [-0.4, -0.2) is 54.0 Å². The van der Waals surface area contributed by atoms with Crippen LogP contribution in [0, 0.1) is 6.92 Å². The van der Waals surface area contributed by atoms with Crippen molar-refractivity contribution in [2.24, 2.45) is 0 Å². The molecule has 0 fully saturated rings. The van der Waals surface area contributed by atoms with E-state index in [2.05, 4.69) is 5.32 Å². The van der Waals surface area contributed by atoms with Crippen molar-refractivity contribution in [3.05, 3.63) is 65.2 Å². The standard InChI is InChI=1S/C25H31N3O5S/c1-5-18(4)26-24(30)21(6-2)27(15-19-11-9-10-17(3)14-19)23(29)16-28-25(31)20-12-7-8-13-22(20)34(28,32)33/h7-14,18,21H,5-6,15-16H2,1-4H3,(H,26,30)/t18-,21+/m0/s1. The first-order valence-electron chi connectivity index (χ1n) is 11.4. The van der Waals surface area contributed by atoms with E-state index in [0.717, 1.165) is 17.5 Å². The van der Waals surface area contributed by atoms with Crippen LogP contribution in [-0.2, 0) is 26.2 Å². The number of rotatable bonds is 9. The minimum Gasteiger partial charge on any atom is -0.352 e. The normalized spacial score (nSPS) is 16.0. The summed E-state index contributed by atoms with van der Waals surface area (Å²) in [5.41, 5.74) is 1.85. The van der Waals surface area contributed by atoms with Crippen molar-refractivity contribution in [3.63, 3.8) is 0 Å². The predicted molar refractivity (Wildman–Crippen MR) is 128 cm³/mol. The van der Waals surface area contributed by atoms with Crippen LogP contribution in [0.2, 0.25) is 0 Å². The van der Waals surface area contributed by atoms with Gasteiger partial charge in [0.2, 0.25) is 11.8 Å². The van der Waals surface area contributed by atoms with Gasteiger partial charge in [0.05, 0.1) is 5.56 Å². The van der Waals surface area contributed by atoms with Gasteiger partial charge in [-0.15, -0.1) is 0 Å². The lowest BCUT2D eigenvalue weighted by atomic mass is 10.1. The van der Waals surface area contributed by atoms with Gasteiger partial charge in [0.1, 0.15) is 17.5 Å². The largest absolute Gasteiger partial charge is 0.352 e. The molecular formula is C25H31N3O5S. The molecule has 182 valence electrons. The summed E-state index contributed by atoms with van der Waals surface area (Å²) in [5, 5.41) is 2.91. The Morgan fingerprint density at radius 3 is 2.38 bits per heavy atom. The summed E-state index contributed by atoms with van der Waals surface area (Å²) in [7, 11) is -4.14. The van der Waals surface area contributed by atoms with Crippen LogP contribution in [0.1, 0.15) is 55.1 Å². The van der Waals surface area contributed by atoms with Crippen molar-refractivity contribution < 1.29 is 22.8 Å². The van der Waals surface area contributed by atoms with Gasteiger partial charge in [-0.25, -0.2) is 12.7 Å². The molecule has 1 aliphatic heterocycles. The molecule has 9 heteroatoms. The third-order valence-electron chi connectivity index (χ3n) is 6.01. The van der Waals surface area contributed by atoms with Gasteiger partial charge in [-0.05, 0) is 44.4 Å². The molecule has 1 aliphatic rings. The minimum absolute atomic E-state index is 0.0436. The summed E-state index contributed by atoms with van der Waals surface area (Å²) in [4.78, 5) is 40.7. The number of amides is 3. The summed E-state index contributed by atoms with van der Waals surface area (Å²) in [5.74, 6) is -1.66. The maximum atomic E-state index is 13.5. The average Bonchev–Trinajstić information content (AvgIpc) is 2.99. The number of hydrogen-bond donors (Lipinski definition) is 1. The van der Waals surface area contributed by atoms with E-state index in [-0.39, 0.29) is 29.0 Å². The molecule has 0 unspecified atom stereocenters. The van der Waals surface area contributed by atoms with Crippen molar-refractivity contribution in [2.45, 2.75) is 64.1 Å². The van der Waals surface area contributed by atoms with Crippen LogP contribution >= 0.6 is 0 Å². The first-order valence-corrected chi connectivity index (χ1v) is 12.9. The quantitative estimate of drug-likeness (QED) is 0.588. The number of carbonyl (C=O) groups excluding carboxylic acids is 3. The first-order chi connectivity index (χ1) is 16.1. The van der Waals surface area contributed by atoms with Gasteiger partial charge in [0, 0.05) is 12.6 Å². The van der Waals surface area contributed by atoms with E-state index in [0.29, 0.717) is 10.7 Å². The van der Waals surface area contributed by atoms with Gasteiger partial charge in [-0.2, -0.15) is 0 Å². The summed E-state index contributed by atoms with van der Waals surface area (Å²) >= 11 is 0. The summed E-state index contributed by atoms with van der Waals surface area (Å²) < 4.78 is 26.5. The first kappa shape index (κ1) is 25.4. The monoisotopic (exact) mass is 485 g/mol. The smallest absolute Gasteiger partial charge is 0.269 e. The van der Waals surface area contributed by atoms with Gasteiger partial charge >= 0.3 is 0 Å². The third kappa shape index (κ3) is 5.14. The molecule has 0 aromatic heterocycles. The molecule has 1 heterocycles. The van der Waals surface area contributed by atoms with Crippen molar-refractivity contribution in [3.8, 4) is 0 Å². The van der Waals surface area contributed by atoms with Gasteiger partial charge < -0.3 is 10.2 Å². The fourth-order valence-electron chi connectivity index (χ4n) is 3.97. The number of aryl methyl sites for hydroxylation is 1. The number of fused-ring (bicyclic) bond motifs is 1. The van der Waals surface area contributed by atoms with E-state index in [1.165, 1.54) is 23.1 Å². The zero-order chi connectivity index (χ0) is 25.0. The van der Waals surface area contributed by atoms with Crippen LogP contribution in [0.25, 0.3) is 0 Å². The van der Waals surface area contributed by atoms with Crippen LogP contribution in [0.5, 0.6) is 0 Å². The molecule has 0 saturated carbocycles. The van der Waals surface area contributed by atoms with Crippen molar-refractivity contribution in [1.29, 1.82) is 0 Å². The Hall–Kier alpha value is -3.20. The Bertz CT molecular complexity index is 1190. The molecule has 3 rings (SSSR count). The number of nitrogens with one attached hydrogen (secondary N) is 1. The summed E-state index contributed by atoms with van der Waals surface area (Å²) in [6.07, 6.45) is 1.06. The molecule has 0 bridgehead atoms. The fraction of sp³-hybridized carbons (Fsp3) is 0.400. The minimum atomic E-state index is -4.14. The molecule has 2 aromatic rings. The second-order valence-electron chi connectivity index (χ2n) is 8.57. The molecule has 0 spiro atoms. The number of hydrogen-bond acceptors (Lipinski definition) is 5. The van der Waals surface area contributed by atoms with E-state index in [1.54, 1.807) is 13.0 Å². The van der Waals surface area contributed by atoms with Gasteiger partial charge in [0.25, 0.3) is 15.9 Å². The molecule has 34 heavy (non-hydrogen) atoms. The summed E-state index contributed by atoms with van der Waals surface area (Å²) in [6.45, 7) is 6.99. The molecular weight excluding hydrogens is 454 g/mol. The van der Waals surface area contributed by atoms with Gasteiger partial charge in [-0.1, -0.05) is 55.8 Å². The molecule has 2 aromatic carbocycles. The van der Waals surface area contributed by atoms with Gasteiger partial charge in [0.15, 0.2) is 0 Å². The maximum Gasteiger partial charge on any atom is 0.269 e. The highest BCUT2D eigenvalue weighted by atomic mass is 32.2. The number of nitrogens with zero attached hydrogens (tertiary/aromatic N) is 2. The highest BCUT2D eigenvalue weighted by Gasteiger charge is 2.43. The van der Waals surface area contributed by atoms with Crippen molar-refractivity contribution in [1.82, 2.24) is 14.5 Å².